The van der Waals surface area contributed by atoms with Crippen molar-refractivity contribution in [1.82, 2.24) is 0 Å². The molecule has 0 bridgehead atoms. The molecule has 1 atom stereocenters. The van der Waals surface area contributed by atoms with Crippen LogP contribution in [0.25, 0.3) is 0 Å². The molecule has 0 fully saturated rings. The zero-order valence-electron chi connectivity index (χ0n) is 12.4. The van der Waals surface area contributed by atoms with Gasteiger partial charge < -0.3 is 30.6 Å². The summed E-state index contributed by atoms with van der Waals surface area (Å²) in [6, 6.07) is 7.50. The Kier molecular flexibility index (Phi) is 3.61. The average Bonchev–Trinajstić information content (AvgIpc) is 2.53. The number of phenols is 3. The van der Waals surface area contributed by atoms with E-state index in [9.17, 15) is 15.3 Å². The molecule has 1 heterocycles. The van der Waals surface area contributed by atoms with Crippen molar-refractivity contribution in [3.05, 3.63) is 41.5 Å². The molecular formula is C16H16N2O5. The van der Waals surface area contributed by atoms with E-state index in [0.29, 0.717) is 29.0 Å². The summed E-state index contributed by atoms with van der Waals surface area (Å²) in [4.78, 5) is 0. The van der Waals surface area contributed by atoms with Crippen LogP contribution >= 0.6 is 0 Å². The van der Waals surface area contributed by atoms with Gasteiger partial charge in [-0.1, -0.05) is 6.07 Å². The monoisotopic (exact) mass is 316 g/mol. The highest BCUT2D eigenvalue weighted by molar-refractivity contribution is 6.06. The normalized spacial score (nSPS) is 18.3. The molecule has 23 heavy (non-hydrogen) atoms. The van der Waals surface area contributed by atoms with Gasteiger partial charge in [0.15, 0.2) is 11.5 Å². The number of nitrogens with zero attached hydrogens (tertiary/aromatic N) is 1. The van der Waals surface area contributed by atoms with Gasteiger partial charge >= 0.3 is 0 Å². The summed E-state index contributed by atoms with van der Waals surface area (Å²) in [5, 5.41) is 33.2. The van der Waals surface area contributed by atoms with Crippen LogP contribution in [0, 0.1) is 0 Å². The molecule has 2 aromatic carbocycles. The lowest BCUT2D eigenvalue weighted by atomic mass is 9.94. The number of rotatable bonds is 2. The van der Waals surface area contributed by atoms with E-state index < -0.39 is 6.10 Å². The number of aromatic hydroxyl groups is 3. The fourth-order valence-electron chi connectivity index (χ4n) is 2.65. The number of ether oxygens (including phenoxy) is 2. The van der Waals surface area contributed by atoms with Crippen LogP contribution in [-0.2, 0) is 0 Å². The standard InChI is InChI=1S/C16H16N2O5/c1-22-13-3-2-8(4-11(13)20)14-7-10(18-17)16-12(21)5-9(19)6-15(16)23-14/h2-6,14,19-21H,7,17H2,1H3/b18-10+. The molecule has 3 rings (SSSR count). The minimum atomic E-state index is -0.470. The van der Waals surface area contributed by atoms with Crippen molar-refractivity contribution in [3.63, 3.8) is 0 Å². The highest BCUT2D eigenvalue weighted by atomic mass is 16.5. The fraction of sp³-hybridized carbons (Fsp3) is 0.188. The first-order valence-corrected chi connectivity index (χ1v) is 6.90. The SMILES string of the molecule is COc1ccc(C2C/C(=N\N)c3c(O)cc(O)cc3O2)cc1O. The maximum absolute atomic E-state index is 9.98. The zero-order valence-corrected chi connectivity index (χ0v) is 12.4. The lowest BCUT2D eigenvalue weighted by Crippen LogP contribution is -2.22. The Balaban J connectivity index is 2.03. The van der Waals surface area contributed by atoms with Crippen molar-refractivity contribution in [2.24, 2.45) is 10.9 Å². The predicted molar refractivity (Wildman–Crippen MR) is 83.1 cm³/mol. The second-order valence-corrected chi connectivity index (χ2v) is 5.16. The van der Waals surface area contributed by atoms with E-state index in [-0.39, 0.29) is 23.0 Å². The Bertz CT molecular complexity index is 788. The van der Waals surface area contributed by atoms with E-state index in [1.54, 1.807) is 12.1 Å². The van der Waals surface area contributed by atoms with Crippen LogP contribution in [0.1, 0.15) is 23.7 Å². The van der Waals surface area contributed by atoms with Crippen molar-refractivity contribution in [2.45, 2.75) is 12.5 Å². The Morgan fingerprint density at radius 3 is 2.61 bits per heavy atom. The van der Waals surface area contributed by atoms with Crippen molar-refractivity contribution < 1.29 is 24.8 Å². The van der Waals surface area contributed by atoms with Gasteiger partial charge in [-0.05, 0) is 17.7 Å². The van der Waals surface area contributed by atoms with E-state index in [0.717, 1.165) is 0 Å². The van der Waals surface area contributed by atoms with Crippen molar-refractivity contribution in [1.29, 1.82) is 0 Å². The number of hydrogen-bond donors (Lipinski definition) is 4. The summed E-state index contributed by atoms with van der Waals surface area (Å²) in [7, 11) is 1.47. The average molecular weight is 316 g/mol. The molecule has 0 saturated carbocycles. The molecule has 1 aliphatic heterocycles. The third-order valence-corrected chi connectivity index (χ3v) is 3.73. The summed E-state index contributed by atoms with van der Waals surface area (Å²) in [6.07, 6.45) is -0.157. The zero-order chi connectivity index (χ0) is 16.6. The maximum atomic E-state index is 9.98. The smallest absolute Gasteiger partial charge is 0.160 e. The first kappa shape index (κ1) is 14.8. The minimum Gasteiger partial charge on any atom is -0.508 e. The van der Waals surface area contributed by atoms with E-state index in [4.69, 9.17) is 15.3 Å². The van der Waals surface area contributed by atoms with E-state index in [1.165, 1.54) is 25.3 Å². The van der Waals surface area contributed by atoms with Crippen LogP contribution in [0.3, 0.4) is 0 Å². The van der Waals surface area contributed by atoms with Crippen LogP contribution in [0.4, 0.5) is 0 Å². The molecule has 0 radical (unpaired) electrons. The fourth-order valence-corrected chi connectivity index (χ4v) is 2.65. The molecule has 0 saturated heterocycles. The lowest BCUT2D eigenvalue weighted by Gasteiger charge is -2.28. The molecule has 0 aliphatic carbocycles. The summed E-state index contributed by atoms with van der Waals surface area (Å²) >= 11 is 0. The van der Waals surface area contributed by atoms with Crippen LogP contribution < -0.4 is 15.3 Å². The largest absolute Gasteiger partial charge is 0.508 e. The molecule has 7 heteroatoms. The Labute approximate surface area is 132 Å². The molecule has 0 amide bonds. The van der Waals surface area contributed by atoms with Gasteiger partial charge in [-0.3, -0.25) is 0 Å². The summed E-state index contributed by atoms with van der Waals surface area (Å²) < 4.78 is 10.8. The first-order valence-electron chi connectivity index (χ1n) is 6.90. The number of hydrogen-bond acceptors (Lipinski definition) is 7. The van der Waals surface area contributed by atoms with Gasteiger partial charge in [-0.15, -0.1) is 0 Å². The third kappa shape index (κ3) is 2.57. The number of methoxy groups -OCH3 is 1. The van der Waals surface area contributed by atoms with Crippen molar-refractivity contribution in [2.75, 3.05) is 7.11 Å². The van der Waals surface area contributed by atoms with Crippen molar-refractivity contribution >= 4 is 5.71 Å². The minimum absolute atomic E-state index is 0.00982. The first-order chi connectivity index (χ1) is 11.0. The quantitative estimate of drug-likeness (QED) is 0.497. The topological polar surface area (TPSA) is 118 Å². The number of benzene rings is 2. The highest BCUT2D eigenvalue weighted by Crippen LogP contribution is 2.42. The van der Waals surface area contributed by atoms with Gasteiger partial charge in [0, 0.05) is 18.6 Å². The Morgan fingerprint density at radius 2 is 1.96 bits per heavy atom. The molecule has 1 aliphatic rings. The Hall–Kier alpha value is -3.09. The van der Waals surface area contributed by atoms with Crippen molar-refractivity contribution in [3.8, 4) is 28.7 Å². The molecule has 120 valence electrons. The van der Waals surface area contributed by atoms with Crippen LogP contribution in [-0.4, -0.2) is 28.1 Å². The van der Waals surface area contributed by atoms with Crippen LogP contribution in [0.5, 0.6) is 28.7 Å². The van der Waals surface area contributed by atoms with Crippen LogP contribution in [0.15, 0.2) is 35.4 Å². The Morgan fingerprint density at radius 1 is 1.17 bits per heavy atom. The molecule has 0 spiro atoms. The van der Waals surface area contributed by atoms with Gasteiger partial charge in [-0.25, -0.2) is 0 Å². The van der Waals surface area contributed by atoms with Gasteiger partial charge in [0.25, 0.3) is 0 Å². The molecular weight excluding hydrogens is 300 g/mol. The van der Waals surface area contributed by atoms with E-state index >= 15 is 0 Å². The van der Waals surface area contributed by atoms with E-state index in [2.05, 4.69) is 5.10 Å². The third-order valence-electron chi connectivity index (χ3n) is 3.73. The number of phenolic OH excluding ortho intramolecular Hbond substituents is 3. The maximum Gasteiger partial charge on any atom is 0.160 e. The van der Waals surface area contributed by atoms with Crippen LogP contribution in [0.2, 0.25) is 0 Å². The molecule has 1 unspecified atom stereocenters. The van der Waals surface area contributed by atoms with Gasteiger partial charge in [-0.2, -0.15) is 5.10 Å². The molecule has 5 N–H and O–H groups in total. The van der Waals surface area contributed by atoms with Gasteiger partial charge in [0.05, 0.1) is 18.4 Å². The lowest BCUT2D eigenvalue weighted by molar-refractivity contribution is 0.203. The van der Waals surface area contributed by atoms with E-state index in [1.807, 2.05) is 0 Å². The second-order valence-electron chi connectivity index (χ2n) is 5.16. The molecule has 2 aromatic rings. The van der Waals surface area contributed by atoms with Gasteiger partial charge in [0.1, 0.15) is 23.4 Å². The molecule has 7 nitrogen and oxygen atoms in total. The highest BCUT2D eigenvalue weighted by Gasteiger charge is 2.29. The number of nitrogens with two attached hydrogens (primary N) is 1. The number of fused-ring (bicyclic) bond motifs is 1. The summed E-state index contributed by atoms with van der Waals surface area (Å²) in [5.41, 5.74) is 1.50. The molecule has 0 aromatic heterocycles. The van der Waals surface area contributed by atoms with Gasteiger partial charge in [0.2, 0.25) is 0 Å². The summed E-state index contributed by atoms with van der Waals surface area (Å²) in [5.74, 6) is 5.77. The second kappa shape index (κ2) is 5.60. The summed E-state index contributed by atoms with van der Waals surface area (Å²) in [6.45, 7) is 0. The number of hydrazone groups is 1. The predicted octanol–water partition coefficient (Wildman–Crippen LogP) is 2.00.